The van der Waals surface area contributed by atoms with E-state index >= 15 is 0 Å². The zero-order valence-corrected chi connectivity index (χ0v) is 16.4. The highest BCUT2D eigenvalue weighted by Crippen LogP contribution is 2.36. The van der Waals surface area contributed by atoms with Crippen LogP contribution in [0.25, 0.3) is 0 Å². The number of fused-ring (bicyclic) bond motifs is 2. The second kappa shape index (κ2) is 8.75. The van der Waals surface area contributed by atoms with Crippen molar-refractivity contribution in [1.29, 1.82) is 0 Å². The smallest absolute Gasteiger partial charge is 0.394 e. The summed E-state index contributed by atoms with van der Waals surface area (Å²) >= 11 is 0. The molecule has 3 fully saturated rings. The molecule has 10 atom stereocenters. The zero-order chi connectivity index (χ0) is 22.4. The van der Waals surface area contributed by atoms with Gasteiger partial charge in [-0.3, -0.25) is 9.11 Å². The summed E-state index contributed by atoms with van der Waals surface area (Å²) in [6, 6.07) is 0. The molecule has 6 N–H and O–H groups in total. The first kappa shape index (κ1) is 24.1. The van der Waals surface area contributed by atoms with Crippen LogP contribution in [0.4, 0.5) is 0 Å². The Morgan fingerprint density at radius 1 is 0.867 bits per heavy atom. The standard InChI is InChI=1S/C12H20O16S2/c13-1-3-7(27-29(17,18)19)5(14)6(15)12(25-3)26-8-4-2-23-9(8)10(11(16)24-4)28-30(20,21)22/h3-16H,1-2H2,(H,17,18,19)(H,20,21,22)/t3-,4-,5-,6-,7+,8+,9+,10-,11+,12+/m1/s1. The van der Waals surface area contributed by atoms with Crippen LogP contribution < -0.4 is 0 Å². The molecule has 18 heteroatoms. The van der Waals surface area contributed by atoms with E-state index in [-0.39, 0.29) is 6.61 Å². The van der Waals surface area contributed by atoms with E-state index in [4.69, 9.17) is 28.1 Å². The Kier molecular flexibility index (Phi) is 7.02. The third-order valence-corrected chi connectivity index (χ3v) is 5.57. The summed E-state index contributed by atoms with van der Waals surface area (Å²) in [5, 5.41) is 39.6. The van der Waals surface area contributed by atoms with Crippen molar-refractivity contribution in [1.82, 2.24) is 0 Å². The van der Waals surface area contributed by atoms with Crippen molar-refractivity contribution < 1.29 is 73.7 Å². The van der Waals surface area contributed by atoms with Gasteiger partial charge in [0.1, 0.15) is 42.7 Å². The number of hydrogen-bond acceptors (Lipinski definition) is 14. The molecule has 0 unspecified atom stereocenters. The Bertz CT molecular complexity index is 812. The minimum absolute atomic E-state index is 0.207. The number of rotatable bonds is 7. The Hall–Kier alpha value is -0.580. The Labute approximate surface area is 169 Å². The third-order valence-electron chi connectivity index (χ3n) is 4.64. The quantitative estimate of drug-likeness (QED) is 0.186. The summed E-state index contributed by atoms with van der Waals surface area (Å²) in [5.41, 5.74) is 0. The van der Waals surface area contributed by atoms with Crippen molar-refractivity contribution in [3.05, 3.63) is 0 Å². The van der Waals surface area contributed by atoms with Crippen molar-refractivity contribution in [2.24, 2.45) is 0 Å². The minimum Gasteiger partial charge on any atom is -0.394 e. The average molecular weight is 484 g/mol. The van der Waals surface area contributed by atoms with Gasteiger partial charge in [-0.1, -0.05) is 0 Å². The third kappa shape index (κ3) is 5.24. The molecule has 0 aromatic carbocycles. The van der Waals surface area contributed by atoms with Crippen molar-refractivity contribution in [2.75, 3.05) is 13.2 Å². The van der Waals surface area contributed by atoms with E-state index in [0.29, 0.717) is 0 Å². The molecule has 176 valence electrons. The molecule has 3 aliphatic rings. The number of aliphatic hydroxyl groups excluding tert-OH is 4. The second-order valence-electron chi connectivity index (χ2n) is 6.65. The van der Waals surface area contributed by atoms with Gasteiger partial charge in [-0.15, -0.1) is 0 Å². The lowest BCUT2D eigenvalue weighted by atomic mass is 9.98. The van der Waals surface area contributed by atoms with E-state index in [1.165, 1.54) is 0 Å². The van der Waals surface area contributed by atoms with Crippen LogP contribution in [-0.4, -0.2) is 121 Å². The lowest BCUT2D eigenvalue weighted by molar-refractivity contribution is -0.333. The Morgan fingerprint density at radius 2 is 1.47 bits per heavy atom. The molecule has 3 aliphatic heterocycles. The van der Waals surface area contributed by atoms with Gasteiger partial charge in [0.25, 0.3) is 0 Å². The summed E-state index contributed by atoms with van der Waals surface area (Å²) in [6.07, 6.45) is -16.3. The molecule has 0 aliphatic carbocycles. The molecule has 0 radical (unpaired) electrons. The fraction of sp³-hybridized carbons (Fsp3) is 1.00. The summed E-state index contributed by atoms with van der Waals surface area (Å²) in [5.74, 6) is 0. The molecule has 0 aromatic rings. The number of aliphatic hydroxyl groups is 4. The predicted octanol–water partition coefficient (Wildman–Crippen LogP) is -4.70. The van der Waals surface area contributed by atoms with Gasteiger partial charge in [-0.25, -0.2) is 8.37 Å². The van der Waals surface area contributed by atoms with Crippen LogP contribution in [-0.2, 0) is 48.1 Å². The highest BCUT2D eigenvalue weighted by Gasteiger charge is 2.56. The average Bonchev–Trinajstić information content (AvgIpc) is 2.91. The summed E-state index contributed by atoms with van der Waals surface area (Å²) in [7, 11) is -10.1. The van der Waals surface area contributed by atoms with E-state index in [1.807, 2.05) is 0 Å². The first-order valence-electron chi connectivity index (χ1n) is 8.35. The van der Waals surface area contributed by atoms with Crippen LogP contribution >= 0.6 is 0 Å². The molecule has 30 heavy (non-hydrogen) atoms. The second-order valence-corrected chi connectivity index (χ2v) is 8.74. The molecular formula is C12H20O16S2. The van der Waals surface area contributed by atoms with E-state index in [1.54, 1.807) is 0 Å². The van der Waals surface area contributed by atoms with Gasteiger partial charge < -0.3 is 39.4 Å². The Morgan fingerprint density at radius 3 is 2.03 bits per heavy atom. The summed E-state index contributed by atoms with van der Waals surface area (Å²) < 4.78 is 91.1. The molecule has 0 aromatic heterocycles. The van der Waals surface area contributed by atoms with Crippen molar-refractivity contribution in [2.45, 2.75) is 61.4 Å². The van der Waals surface area contributed by atoms with Gasteiger partial charge >= 0.3 is 20.8 Å². The fourth-order valence-corrected chi connectivity index (χ4v) is 4.42. The topological polar surface area (TPSA) is 245 Å². The van der Waals surface area contributed by atoms with E-state index in [0.717, 1.165) is 0 Å². The van der Waals surface area contributed by atoms with Gasteiger partial charge in [-0.05, 0) is 0 Å². The first-order valence-corrected chi connectivity index (χ1v) is 11.1. The first-order chi connectivity index (χ1) is 13.8. The maximum absolute atomic E-state index is 11.0. The maximum Gasteiger partial charge on any atom is 0.397 e. The van der Waals surface area contributed by atoms with Crippen LogP contribution in [0.5, 0.6) is 0 Å². The van der Waals surface area contributed by atoms with Crippen molar-refractivity contribution in [3.8, 4) is 0 Å². The maximum atomic E-state index is 11.0. The molecule has 0 spiro atoms. The zero-order valence-electron chi connectivity index (χ0n) is 14.8. The van der Waals surface area contributed by atoms with Gasteiger partial charge in [0.2, 0.25) is 0 Å². The van der Waals surface area contributed by atoms with Gasteiger partial charge in [0.15, 0.2) is 18.7 Å². The van der Waals surface area contributed by atoms with Crippen LogP contribution in [0.1, 0.15) is 0 Å². The highest BCUT2D eigenvalue weighted by atomic mass is 32.3. The van der Waals surface area contributed by atoms with E-state index in [2.05, 4.69) is 8.37 Å². The molecule has 2 bridgehead atoms. The van der Waals surface area contributed by atoms with E-state index < -0.39 is 88.8 Å². The minimum atomic E-state index is -5.07. The van der Waals surface area contributed by atoms with Crippen molar-refractivity contribution in [3.63, 3.8) is 0 Å². The van der Waals surface area contributed by atoms with Crippen molar-refractivity contribution >= 4 is 20.8 Å². The molecule has 3 rings (SSSR count). The summed E-state index contributed by atoms with van der Waals surface area (Å²) in [6.45, 7) is -1.12. The van der Waals surface area contributed by atoms with Gasteiger partial charge in [0.05, 0.1) is 13.2 Å². The van der Waals surface area contributed by atoms with Crippen LogP contribution in [0.15, 0.2) is 0 Å². The molecule has 16 nitrogen and oxygen atoms in total. The monoisotopic (exact) mass is 484 g/mol. The van der Waals surface area contributed by atoms with Gasteiger partial charge in [0, 0.05) is 0 Å². The van der Waals surface area contributed by atoms with Crippen LogP contribution in [0, 0.1) is 0 Å². The molecular weight excluding hydrogens is 464 g/mol. The summed E-state index contributed by atoms with van der Waals surface area (Å²) in [4.78, 5) is 0. The largest absolute Gasteiger partial charge is 0.397 e. The normalized spacial score (nSPS) is 44.9. The lowest BCUT2D eigenvalue weighted by Gasteiger charge is -2.44. The SMILES string of the molecule is O=S(=O)(O)O[C@@H]1[C@H]2OC[C@@H](O[C@@H]1O)[C@@H]2O[C@@H]1O[C@H](CO)[C@H](OS(=O)(=O)O)[C@H](O)[C@H]1O. The highest BCUT2D eigenvalue weighted by molar-refractivity contribution is 7.81. The van der Waals surface area contributed by atoms with Crippen LogP contribution in [0.3, 0.4) is 0 Å². The fourth-order valence-electron chi connectivity index (χ4n) is 3.41. The molecule has 0 amide bonds. The lowest BCUT2D eigenvalue weighted by Crippen LogP contribution is -2.63. The van der Waals surface area contributed by atoms with E-state index in [9.17, 15) is 37.3 Å². The Balaban J connectivity index is 1.75. The van der Waals surface area contributed by atoms with Crippen LogP contribution in [0.2, 0.25) is 0 Å². The predicted molar refractivity (Wildman–Crippen MR) is 86.1 cm³/mol. The molecule has 0 saturated carbocycles. The number of ether oxygens (including phenoxy) is 4. The molecule has 3 saturated heterocycles. The molecule has 3 heterocycles. The van der Waals surface area contributed by atoms with Gasteiger partial charge in [-0.2, -0.15) is 16.8 Å². The number of hydrogen-bond donors (Lipinski definition) is 6.